The fourth-order valence-electron chi connectivity index (χ4n) is 2.12. The highest BCUT2D eigenvalue weighted by Crippen LogP contribution is 2.26. The van der Waals surface area contributed by atoms with Crippen molar-refractivity contribution in [1.29, 1.82) is 0 Å². The molecule has 0 unspecified atom stereocenters. The number of nitrogen functional groups attached to an aromatic ring is 1. The maximum absolute atomic E-state index is 5.98. The lowest BCUT2D eigenvalue weighted by molar-refractivity contribution is 0.189. The minimum Gasteiger partial charge on any atom is -0.383 e. The molecule has 0 saturated carbocycles. The van der Waals surface area contributed by atoms with Crippen molar-refractivity contribution >= 4 is 28.4 Å². The zero-order valence-electron chi connectivity index (χ0n) is 8.99. The van der Waals surface area contributed by atoms with Crippen LogP contribution in [0, 0.1) is 3.57 Å². The third-order valence-electron chi connectivity index (χ3n) is 3.14. The number of anilines is 1. The van der Waals surface area contributed by atoms with Gasteiger partial charge in [0.1, 0.15) is 5.82 Å². The molecular weight excluding hydrogens is 303 g/mol. The predicted molar refractivity (Wildman–Crippen MR) is 69.7 cm³/mol. The smallest absolute Gasteiger partial charge is 0.135 e. The van der Waals surface area contributed by atoms with E-state index in [1.165, 1.54) is 0 Å². The van der Waals surface area contributed by atoms with Crippen molar-refractivity contribution in [2.24, 2.45) is 0 Å². The summed E-state index contributed by atoms with van der Waals surface area (Å²) in [7, 11) is 0. The number of hydrogen-bond donors (Lipinski definition) is 1. The molecule has 1 aliphatic heterocycles. The third kappa shape index (κ3) is 2.28. The van der Waals surface area contributed by atoms with Gasteiger partial charge in [-0.2, -0.15) is 5.10 Å². The number of likely N-dealkylation sites (tertiary alicyclic amines) is 1. The van der Waals surface area contributed by atoms with Crippen LogP contribution in [0.1, 0.15) is 25.8 Å². The summed E-state index contributed by atoms with van der Waals surface area (Å²) in [6.07, 6.45) is 4.17. The second-order valence-electron chi connectivity index (χ2n) is 3.99. The largest absolute Gasteiger partial charge is 0.383 e. The fourth-order valence-corrected chi connectivity index (χ4v) is 2.49. The Kier molecular flexibility index (Phi) is 3.50. The number of rotatable bonds is 2. The molecule has 1 fully saturated rings. The van der Waals surface area contributed by atoms with E-state index in [9.17, 15) is 0 Å². The average molecular weight is 320 g/mol. The van der Waals surface area contributed by atoms with Gasteiger partial charge in [0.2, 0.25) is 0 Å². The summed E-state index contributed by atoms with van der Waals surface area (Å²) in [5.74, 6) is 0.825. The van der Waals surface area contributed by atoms with Gasteiger partial charge in [-0.25, -0.2) is 4.68 Å². The third-order valence-corrected chi connectivity index (χ3v) is 3.97. The molecule has 4 nitrogen and oxygen atoms in total. The highest BCUT2D eigenvalue weighted by molar-refractivity contribution is 14.1. The molecule has 0 spiro atoms. The first-order valence-corrected chi connectivity index (χ1v) is 6.51. The van der Waals surface area contributed by atoms with E-state index in [0.717, 1.165) is 41.9 Å². The van der Waals surface area contributed by atoms with Crippen LogP contribution in [0.25, 0.3) is 0 Å². The van der Waals surface area contributed by atoms with E-state index >= 15 is 0 Å². The van der Waals surface area contributed by atoms with Crippen molar-refractivity contribution in [3.05, 3.63) is 9.77 Å². The minimum atomic E-state index is 0.497. The number of aromatic nitrogens is 2. The van der Waals surface area contributed by atoms with Gasteiger partial charge in [0.25, 0.3) is 0 Å². The maximum Gasteiger partial charge on any atom is 0.135 e. The van der Waals surface area contributed by atoms with Gasteiger partial charge in [-0.05, 0) is 42.0 Å². The van der Waals surface area contributed by atoms with Crippen LogP contribution < -0.4 is 5.73 Å². The van der Waals surface area contributed by atoms with Crippen LogP contribution in [0.2, 0.25) is 0 Å². The van der Waals surface area contributed by atoms with Crippen molar-refractivity contribution in [2.75, 3.05) is 25.4 Å². The number of piperidine rings is 1. The lowest BCUT2D eigenvalue weighted by Gasteiger charge is -2.31. The molecule has 0 aromatic carbocycles. The van der Waals surface area contributed by atoms with Crippen LogP contribution in [0.15, 0.2) is 6.20 Å². The molecule has 2 heterocycles. The normalized spacial score (nSPS) is 19.6. The Morgan fingerprint density at radius 2 is 2.20 bits per heavy atom. The highest BCUT2D eigenvalue weighted by atomic mass is 127. The molecule has 0 bridgehead atoms. The van der Waals surface area contributed by atoms with E-state index in [2.05, 4.69) is 39.5 Å². The Labute approximate surface area is 104 Å². The number of nitrogens with two attached hydrogens (primary N) is 1. The van der Waals surface area contributed by atoms with Crippen LogP contribution >= 0.6 is 22.6 Å². The van der Waals surface area contributed by atoms with Gasteiger partial charge in [0, 0.05) is 13.1 Å². The van der Waals surface area contributed by atoms with Crippen molar-refractivity contribution < 1.29 is 0 Å². The molecule has 0 amide bonds. The molecule has 0 atom stereocenters. The molecule has 84 valence electrons. The number of halogens is 1. The van der Waals surface area contributed by atoms with Crippen molar-refractivity contribution in [2.45, 2.75) is 25.8 Å². The second-order valence-corrected chi connectivity index (χ2v) is 5.15. The van der Waals surface area contributed by atoms with Gasteiger partial charge >= 0.3 is 0 Å². The van der Waals surface area contributed by atoms with Crippen molar-refractivity contribution in [3.63, 3.8) is 0 Å². The molecule has 1 aromatic rings. The first-order valence-electron chi connectivity index (χ1n) is 5.43. The Balaban J connectivity index is 2.04. The topological polar surface area (TPSA) is 47.1 Å². The lowest BCUT2D eigenvalue weighted by atomic mass is 10.1. The minimum absolute atomic E-state index is 0.497. The predicted octanol–water partition coefficient (Wildman–Crippen LogP) is 1.73. The molecule has 1 aliphatic rings. The molecule has 5 heteroatoms. The Hall–Kier alpha value is -0.300. The standard InChI is InChI=1S/C10H17IN4/c1-2-14-5-3-8(4-6-14)15-10(12)9(11)7-13-15/h7-8H,2-6,12H2,1H3. The van der Waals surface area contributed by atoms with Gasteiger partial charge in [-0.15, -0.1) is 0 Å². The molecule has 1 aromatic heterocycles. The highest BCUT2D eigenvalue weighted by Gasteiger charge is 2.21. The molecule has 2 N–H and O–H groups in total. The zero-order chi connectivity index (χ0) is 10.8. The lowest BCUT2D eigenvalue weighted by Crippen LogP contribution is -2.34. The van der Waals surface area contributed by atoms with Crippen LogP contribution in [0.5, 0.6) is 0 Å². The van der Waals surface area contributed by atoms with E-state index in [-0.39, 0.29) is 0 Å². The molecule has 0 radical (unpaired) electrons. The Morgan fingerprint density at radius 1 is 1.53 bits per heavy atom. The zero-order valence-corrected chi connectivity index (χ0v) is 11.1. The Bertz CT molecular complexity index is 328. The number of nitrogens with zero attached hydrogens (tertiary/aromatic N) is 3. The van der Waals surface area contributed by atoms with Crippen molar-refractivity contribution in [3.8, 4) is 0 Å². The van der Waals surface area contributed by atoms with Gasteiger partial charge in [-0.3, -0.25) is 0 Å². The molecule has 1 saturated heterocycles. The van der Waals surface area contributed by atoms with Crippen LogP contribution in [-0.4, -0.2) is 34.3 Å². The van der Waals surface area contributed by atoms with E-state index in [1.54, 1.807) is 0 Å². The summed E-state index contributed by atoms with van der Waals surface area (Å²) in [6, 6.07) is 0.497. The molecular formula is C10H17IN4. The molecule has 15 heavy (non-hydrogen) atoms. The summed E-state index contributed by atoms with van der Waals surface area (Å²) >= 11 is 2.23. The van der Waals surface area contributed by atoms with Gasteiger partial charge < -0.3 is 10.6 Å². The summed E-state index contributed by atoms with van der Waals surface area (Å²) in [6.45, 7) is 5.69. The second kappa shape index (κ2) is 4.69. The molecule has 0 aliphatic carbocycles. The maximum atomic E-state index is 5.98. The number of hydrogen-bond acceptors (Lipinski definition) is 3. The van der Waals surface area contributed by atoms with Crippen molar-refractivity contribution in [1.82, 2.24) is 14.7 Å². The van der Waals surface area contributed by atoms with Crippen LogP contribution in [0.4, 0.5) is 5.82 Å². The SMILES string of the molecule is CCN1CCC(n2ncc(I)c2N)CC1. The monoisotopic (exact) mass is 320 g/mol. The quantitative estimate of drug-likeness (QED) is 0.844. The van der Waals surface area contributed by atoms with Crippen LogP contribution in [-0.2, 0) is 0 Å². The van der Waals surface area contributed by atoms with Gasteiger partial charge in [-0.1, -0.05) is 6.92 Å². The first kappa shape index (κ1) is 11.2. The summed E-state index contributed by atoms with van der Waals surface area (Å²) in [5, 5.41) is 4.36. The first-order chi connectivity index (χ1) is 7.22. The van der Waals surface area contributed by atoms with E-state index in [0.29, 0.717) is 6.04 Å². The molecule has 2 rings (SSSR count). The van der Waals surface area contributed by atoms with E-state index < -0.39 is 0 Å². The average Bonchev–Trinajstić information content (AvgIpc) is 2.60. The summed E-state index contributed by atoms with van der Waals surface area (Å²) in [5.41, 5.74) is 5.98. The van der Waals surface area contributed by atoms with E-state index in [4.69, 9.17) is 5.73 Å². The Morgan fingerprint density at radius 3 is 2.67 bits per heavy atom. The summed E-state index contributed by atoms with van der Waals surface area (Å²) in [4.78, 5) is 2.47. The summed E-state index contributed by atoms with van der Waals surface area (Å²) < 4.78 is 3.06. The van der Waals surface area contributed by atoms with Gasteiger partial charge in [0.05, 0.1) is 15.8 Å². The fraction of sp³-hybridized carbons (Fsp3) is 0.700. The van der Waals surface area contributed by atoms with Crippen LogP contribution in [0.3, 0.4) is 0 Å². The van der Waals surface area contributed by atoms with E-state index in [1.807, 2.05) is 10.9 Å². The van der Waals surface area contributed by atoms with Gasteiger partial charge in [0.15, 0.2) is 0 Å².